The number of likely N-dealkylation sites (tertiary alicyclic amines) is 1. The number of aromatic nitrogens is 2. The first-order chi connectivity index (χ1) is 17.6. The van der Waals surface area contributed by atoms with Crippen molar-refractivity contribution in [3.05, 3.63) is 65.0 Å². The minimum atomic E-state index is -0.130. The summed E-state index contributed by atoms with van der Waals surface area (Å²) in [6, 6.07) is 14.6. The average molecular weight is 510 g/mol. The Kier molecular flexibility index (Phi) is 7.60. The Balaban J connectivity index is 1.15. The number of anilines is 1. The van der Waals surface area contributed by atoms with Crippen molar-refractivity contribution in [2.75, 3.05) is 44.7 Å². The number of amides is 2. The number of nitrogens with zero attached hydrogens (tertiary/aromatic N) is 4. The average Bonchev–Trinajstić information content (AvgIpc) is 3.38. The number of para-hydroxylation sites is 1. The standard InChI is InChI=1S/C26H28ClN5O4/c27-21-7-3-1-5-19(21)24-29-23(36-30-24)17-31-11-9-18(10-12-31)25(33)28-22-8-4-2-6-20(22)26(34)32-13-15-35-16-14-32/h1-8,18H,9-17H2,(H,28,33). The van der Waals surface area contributed by atoms with Crippen molar-refractivity contribution in [3.63, 3.8) is 0 Å². The van der Waals surface area contributed by atoms with Gasteiger partial charge in [-0.15, -0.1) is 0 Å². The summed E-state index contributed by atoms with van der Waals surface area (Å²) in [7, 11) is 0. The maximum Gasteiger partial charge on any atom is 0.256 e. The van der Waals surface area contributed by atoms with E-state index in [9.17, 15) is 9.59 Å². The Morgan fingerprint density at radius 3 is 2.50 bits per heavy atom. The van der Waals surface area contributed by atoms with Crippen LogP contribution in [0.5, 0.6) is 0 Å². The summed E-state index contributed by atoms with van der Waals surface area (Å²) in [6.45, 7) is 4.15. The largest absolute Gasteiger partial charge is 0.378 e. The van der Waals surface area contributed by atoms with Gasteiger partial charge < -0.3 is 19.5 Å². The summed E-state index contributed by atoms with van der Waals surface area (Å²) in [6.07, 6.45) is 1.41. The number of morpholine rings is 1. The molecule has 2 aliphatic heterocycles. The van der Waals surface area contributed by atoms with Crippen LogP contribution in [0.4, 0.5) is 5.69 Å². The lowest BCUT2D eigenvalue weighted by atomic mass is 9.95. The number of rotatable bonds is 6. The number of hydrogen-bond acceptors (Lipinski definition) is 7. The smallest absolute Gasteiger partial charge is 0.256 e. The van der Waals surface area contributed by atoms with Crippen molar-refractivity contribution >= 4 is 29.1 Å². The van der Waals surface area contributed by atoms with Crippen LogP contribution >= 0.6 is 11.6 Å². The lowest BCUT2D eigenvalue weighted by molar-refractivity contribution is -0.121. The highest BCUT2D eigenvalue weighted by Gasteiger charge is 2.28. The Labute approximate surface area is 214 Å². The molecule has 2 fully saturated rings. The van der Waals surface area contributed by atoms with Crippen LogP contribution in [-0.2, 0) is 16.1 Å². The van der Waals surface area contributed by atoms with Gasteiger partial charge >= 0.3 is 0 Å². The summed E-state index contributed by atoms with van der Waals surface area (Å²) in [4.78, 5) is 34.5. The number of piperidine rings is 1. The molecule has 3 heterocycles. The van der Waals surface area contributed by atoms with E-state index in [2.05, 4.69) is 20.4 Å². The molecule has 0 saturated carbocycles. The van der Waals surface area contributed by atoms with E-state index >= 15 is 0 Å². The molecule has 0 spiro atoms. The van der Waals surface area contributed by atoms with Crippen LogP contribution < -0.4 is 5.32 Å². The molecule has 1 aromatic heterocycles. The molecular formula is C26H28ClN5O4. The van der Waals surface area contributed by atoms with Crippen molar-refractivity contribution in [2.24, 2.45) is 5.92 Å². The van der Waals surface area contributed by atoms with E-state index in [4.69, 9.17) is 20.9 Å². The quantitative estimate of drug-likeness (QED) is 0.540. The van der Waals surface area contributed by atoms with E-state index in [1.807, 2.05) is 30.3 Å². The van der Waals surface area contributed by atoms with E-state index in [1.165, 1.54) is 0 Å². The van der Waals surface area contributed by atoms with E-state index < -0.39 is 0 Å². The van der Waals surface area contributed by atoms with Gasteiger partial charge in [0.05, 0.1) is 36.0 Å². The zero-order chi connectivity index (χ0) is 24.9. The van der Waals surface area contributed by atoms with Crippen molar-refractivity contribution < 1.29 is 18.8 Å². The molecule has 2 aliphatic rings. The second-order valence-electron chi connectivity index (χ2n) is 8.98. The van der Waals surface area contributed by atoms with Crippen molar-refractivity contribution in [3.8, 4) is 11.4 Å². The van der Waals surface area contributed by atoms with Gasteiger partial charge in [-0.05, 0) is 50.2 Å². The molecule has 36 heavy (non-hydrogen) atoms. The van der Waals surface area contributed by atoms with Crippen LogP contribution in [0, 0.1) is 5.92 Å². The molecule has 3 aromatic rings. The van der Waals surface area contributed by atoms with Crippen molar-refractivity contribution in [1.29, 1.82) is 0 Å². The van der Waals surface area contributed by atoms with Crippen LogP contribution in [0.25, 0.3) is 11.4 Å². The Hall–Kier alpha value is -3.27. The Morgan fingerprint density at radius 2 is 1.72 bits per heavy atom. The van der Waals surface area contributed by atoms with Crippen molar-refractivity contribution in [2.45, 2.75) is 19.4 Å². The number of benzene rings is 2. The molecule has 0 bridgehead atoms. The summed E-state index contributed by atoms with van der Waals surface area (Å²) in [5.74, 6) is 0.711. The van der Waals surface area contributed by atoms with Gasteiger partial charge in [0, 0.05) is 24.6 Å². The van der Waals surface area contributed by atoms with Crippen LogP contribution in [0.1, 0.15) is 29.1 Å². The zero-order valence-electron chi connectivity index (χ0n) is 19.9. The van der Waals surface area contributed by atoms with Crippen LogP contribution in [-0.4, -0.2) is 71.1 Å². The number of ether oxygens (including phenoxy) is 1. The fourth-order valence-corrected chi connectivity index (χ4v) is 4.79. The van der Waals surface area contributed by atoms with Crippen LogP contribution in [0.3, 0.4) is 0 Å². The Bertz CT molecular complexity index is 1220. The second kappa shape index (κ2) is 11.2. The summed E-state index contributed by atoms with van der Waals surface area (Å²) in [5, 5.41) is 7.64. The highest BCUT2D eigenvalue weighted by molar-refractivity contribution is 6.33. The van der Waals surface area contributed by atoms with Gasteiger partial charge in [-0.25, -0.2) is 0 Å². The number of nitrogens with one attached hydrogen (secondary N) is 1. The second-order valence-corrected chi connectivity index (χ2v) is 9.39. The third-order valence-corrected chi connectivity index (χ3v) is 6.94. The van der Waals surface area contributed by atoms with Gasteiger partial charge in [0.25, 0.3) is 5.91 Å². The molecular weight excluding hydrogens is 482 g/mol. The molecule has 2 amide bonds. The van der Waals surface area contributed by atoms with Crippen LogP contribution in [0.15, 0.2) is 53.1 Å². The molecule has 188 valence electrons. The number of carbonyl (C=O) groups is 2. The maximum absolute atomic E-state index is 13.0. The lowest BCUT2D eigenvalue weighted by Gasteiger charge is -2.30. The molecule has 5 rings (SSSR count). The first-order valence-electron chi connectivity index (χ1n) is 12.2. The number of halogens is 1. The molecule has 2 saturated heterocycles. The first-order valence-corrected chi connectivity index (χ1v) is 12.5. The molecule has 1 N–H and O–H groups in total. The topological polar surface area (TPSA) is 101 Å². The minimum Gasteiger partial charge on any atom is -0.378 e. The molecule has 0 radical (unpaired) electrons. The summed E-state index contributed by atoms with van der Waals surface area (Å²) < 4.78 is 10.8. The third kappa shape index (κ3) is 5.59. The summed E-state index contributed by atoms with van der Waals surface area (Å²) in [5.41, 5.74) is 1.80. The molecule has 2 aromatic carbocycles. The first kappa shape index (κ1) is 24.4. The van der Waals surface area contributed by atoms with E-state index in [0.29, 0.717) is 73.7 Å². The van der Waals surface area contributed by atoms with Crippen LogP contribution in [0.2, 0.25) is 5.02 Å². The van der Waals surface area contributed by atoms with E-state index in [0.717, 1.165) is 18.7 Å². The third-order valence-electron chi connectivity index (χ3n) is 6.61. The maximum atomic E-state index is 13.0. The van der Waals surface area contributed by atoms with E-state index in [-0.39, 0.29) is 17.7 Å². The fourth-order valence-electron chi connectivity index (χ4n) is 4.57. The van der Waals surface area contributed by atoms with Crippen molar-refractivity contribution in [1.82, 2.24) is 19.9 Å². The van der Waals surface area contributed by atoms with Gasteiger partial charge in [0.1, 0.15) is 0 Å². The minimum absolute atomic E-state index is 0.0596. The predicted octanol–water partition coefficient (Wildman–Crippen LogP) is 3.71. The number of hydrogen-bond donors (Lipinski definition) is 1. The predicted molar refractivity (Wildman–Crippen MR) is 135 cm³/mol. The lowest BCUT2D eigenvalue weighted by Crippen LogP contribution is -2.41. The van der Waals surface area contributed by atoms with Gasteiger partial charge in [-0.1, -0.05) is 41.0 Å². The Morgan fingerprint density at radius 1 is 1.00 bits per heavy atom. The van der Waals surface area contributed by atoms with Gasteiger partial charge in [0.2, 0.25) is 17.6 Å². The molecule has 0 unspecified atom stereocenters. The van der Waals surface area contributed by atoms with Gasteiger partial charge in [0.15, 0.2) is 0 Å². The molecule has 9 nitrogen and oxygen atoms in total. The van der Waals surface area contributed by atoms with Gasteiger partial charge in [-0.3, -0.25) is 14.5 Å². The molecule has 0 atom stereocenters. The normalized spacial score (nSPS) is 17.2. The highest BCUT2D eigenvalue weighted by atomic mass is 35.5. The highest BCUT2D eigenvalue weighted by Crippen LogP contribution is 2.26. The molecule has 0 aliphatic carbocycles. The monoisotopic (exact) mass is 509 g/mol. The number of carbonyl (C=O) groups excluding carboxylic acids is 2. The molecule has 10 heteroatoms. The van der Waals surface area contributed by atoms with Gasteiger partial charge in [-0.2, -0.15) is 4.98 Å². The summed E-state index contributed by atoms with van der Waals surface area (Å²) >= 11 is 6.23. The zero-order valence-corrected chi connectivity index (χ0v) is 20.6. The van der Waals surface area contributed by atoms with E-state index in [1.54, 1.807) is 23.1 Å². The fraction of sp³-hybridized carbons (Fsp3) is 0.385. The SMILES string of the molecule is O=C(Nc1ccccc1C(=O)N1CCOCC1)C1CCN(Cc2nc(-c3ccccc3Cl)no2)CC1.